The molecule has 0 saturated carbocycles. The first-order valence-electron chi connectivity index (χ1n) is 10.1. The fourth-order valence-electron chi connectivity index (χ4n) is 3.58. The summed E-state index contributed by atoms with van der Waals surface area (Å²) < 4.78 is 64.6. The zero-order valence-corrected chi connectivity index (χ0v) is 19.0. The number of morpholine rings is 1. The second kappa shape index (κ2) is 9.74. The van der Waals surface area contributed by atoms with Crippen molar-refractivity contribution >= 4 is 32.8 Å². The molecular formula is C21H23F2N3O4S2. The van der Waals surface area contributed by atoms with E-state index in [1.807, 2.05) is 11.5 Å². The predicted molar refractivity (Wildman–Crippen MR) is 118 cm³/mol. The number of aryl methyl sites for hydroxylation is 1. The lowest BCUT2D eigenvalue weighted by molar-refractivity contribution is -0.0503. The highest BCUT2D eigenvalue weighted by Gasteiger charge is 2.27. The summed E-state index contributed by atoms with van der Waals surface area (Å²) in [5.41, 5.74) is 2.01. The smallest absolute Gasteiger partial charge is 0.387 e. The predicted octanol–water partition coefficient (Wildman–Crippen LogP) is 3.97. The van der Waals surface area contributed by atoms with Gasteiger partial charge in [0.15, 0.2) is 5.16 Å². The van der Waals surface area contributed by atoms with Crippen molar-refractivity contribution in [3.63, 3.8) is 0 Å². The van der Waals surface area contributed by atoms with Gasteiger partial charge in [-0.25, -0.2) is 13.4 Å². The van der Waals surface area contributed by atoms with Gasteiger partial charge in [0.25, 0.3) is 0 Å². The van der Waals surface area contributed by atoms with Crippen molar-refractivity contribution in [1.82, 2.24) is 13.9 Å². The zero-order valence-electron chi connectivity index (χ0n) is 17.4. The second-order valence-corrected chi connectivity index (χ2v) is 9.96. The summed E-state index contributed by atoms with van der Waals surface area (Å²) in [5, 5.41) is 0.676. The van der Waals surface area contributed by atoms with E-state index in [1.165, 1.54) is 22.1 Å². The number of sulfonamides is 1. The molecule has 1 fully saturated rings. The third-order valence-corrected chi connectivity index (χ3v) is 8.07. The molecule has 0 radical (unpaired) electrons. The molecule has 1 aliphatic rings. The van der Waals surface area contributed by atoms with E-state index in [4.69, 9.17) is 4.74 Å². The van der Waals surface area contributed by atoms with Crippen LogP contribution in [-0.2, 0) is 27.1 Å². The Morgan fingerprint density at radius 1 is 1.19 bits per heavy atom. The van der Waals surface area contributed by atoms with E-state index in [-0.39, 0.29) is 10.6 Å². The maximum Gasteiger partial charge on any atom is 0.387 e. The number of nitrogens with zero attached hydrogens (tertiary/aromatic N) is 3. The molecule has 0 atom stereocenters. The van der Waals surface area contributed by atoms with E-state index >= 15 is 0 Å². The maximum absolute atomic E-state index is 13.0. The molecule has 1 saturated heterocycles. The third-order valence-electron chi connectivity index (χ3n) is 5.15. The number of ether oxygens (including phenoxy) is 2. The number of aromatic nitrogens is 2. The quantitative estimate of drug-likeness (QED) is 0.452. The van der Waals surface area contributed by atoms with Crippen LogP contribution in [0.1, 0.15) is 12.5 Å². The lowest BCUT2D eigenvalue weighted by atomic mass is 10.2. The second-order valence-electron chi connectivity index (χ2n) is 7.08. The third kappa shape index (κ3) is 4.75. The summed E-state index contributed by atoms with van der Waals surface area (Å²) in [6, 6.07) is 11.6. The van der Waals surface area contributed by atoms with Crippen LogP contribution >= 0.6 is 11.8 Å². The summed E-state index contributed by atoms with van der Waals surface area (Å²) in [6.45, 7) is 1.11. The number of halogens is 2. The molecule has 0 spiro atoms. The lowest BCUT2D eigenvalue weighted by Gasteiger charge is -2.26. The van der Waals surface area contributed by atoms with Crippen molar-refractivity contribution in [1.29, 1.82) is 0 Å². The summed E-state index contributed by atoms with van der Waals surface area (Å²) >= 11 is 1.38. The Kier molecular flexibility index (Phi) is 6.99. The van der Waals surface area contributed by atoms with Gasteiger partial charge in [0.1, 0.15) is 5.75 Å². The van der Waals surface area contributed by atoms with Gasteiger partial charge in [-0.3, -0.25) is 0 Å². The number of para-hydroxylation sites is 1. The van der Waals surface area contributed by atoms with Crippen LogP contribution in [-0.4, -0.2) is 55.2 Å². The van der Waals surface area contributed by atoms with Gasteiger partial charge in [0, 0.05) is 31.0 Å². The summed E-state index contributed by atoms with van der Waals surface area (Å²) in [4.78, 5) is 4.83. The van der Waals surface area contributed by atoms with Crippen molar-refractivity contribution in [3.05, 3.63) is 48.0 Å². The summed E-state index contributed by atoms with van der Waals surface area (Å²) in [7, 11) is -3.63. The Morgan fingerprint density at radius 3 is 2.66 bits per heavy atom. The van der Waals surface area contributed by atoms with Crippen LogP contribution in [0.4, 0.5) is 8.78 Å². The Hall–Kier alpha value is -2.21. The molecule has 1 aromatic heterocycles. The minimum atomic E-state index is -3.63. The first-order valence-corrected chi connectivity index (χ1v) is 12.6. The van der Waals surface area contributed by atoms with E-state index in [1.54, 1.807) is 36.4 Å². The molecule has 7 nitrogen and oxygen atoms in total. The number of hydrogen-bond donors (Lipinski definition) is 0. The maximum atomic E-state index is 13.0. The van der Waals surface area contributed by atoms with Crippen LogP contribution in [0, 0.1) is 0 Å². The Bertz CT molecular complexity index is 1190. The van der Waals surface area contributed by atoms with Crippen molar-refractivity contribution in [3.8, 4) is 5.75 Å². The van der Waals surface area contributed by atoms with E-state index in [9.17, 15) is 17.2 Å². The molecule has 0 amide bonds. The van der Waals surface area contributed by atoms with E-state index < -0.39 is 16.6 Å². The number of hydrogen-bond acceptors (Lipinski definition) is 6. The Labute approximate surface area is 189 Å². The van der Waals surface area contributed by atoms with Crippen molar-refractivity contribution in [2.45, 2.75) is 35.9 Å². The molecule has 0 N–H and O–H groups in total. The summed E-state index contributed by atoms with van der Waals surface area (Å²) in [6.07, 6.45) is 0. The van der Waals surface area contributed by atoms with Crippen LogP contribution in [0.3, 0.4) is 0 Å². The number of thioether (sulfide) groups is 1. The number of fused-ring (bicyclic) bond motifs is 1. The van der Waals surface area contributed by atoms with Gasteiger partial charge in [-0.1, -0.05) is 30.0 Å². The van der Waals surface area contributed by atoms with Gasteiger partial charge >= 0.3 is 6.61 Å². The molecule has 1 aliphatic heterocycles. The summed E-state index contributed by atoms with van der Waals surface area (Å²) in [5.74, 6) is 0.513. The Balaban J connectivity index is 1.61. The van der Waals surface area contributed by atoms with Gasteiger partial charge in [-0.05, 0) is 31.2 Å². The zero-order chi connectivity index (χ0) is 22.7. The van der Waals surface area contributed by atoms with Crippen LogP contribution in [0.2, 0.25) is 0 Å². The van der Waals surface area contributed by atoms with Crippen LogP contribution < -0.4 is 4.74 Å². The lowest BCUT2D eigenvalue weighted by Crippen LogP contribution is -2.40. The Morgan fingerprint density at radius 2 is 1.94 bits per heavy atom. The van der Waals surface area contributed by atoms with E-state index in [0.29, 0.717) is 54.8 Å². The SMILES string of the molecule is CCn1c(SCc2ccccc2OC(F)F)nc2cc(S(=O)(=O)N3CCOCC3)ccc21. The molecule has 3 aromatic rings. The van der Waals surface area contributed by atoms with Gasteiger partial charge in [-0.15, -0.1) is 0 Å². The molecule has 2 heterocycles. The minimum absolute atomic E-state index is 0.132. The van der Waals surface area contributed by atoms with Gasteiger partial charge in [-0.2, -0.15) is 13.1 Å². The molecule has 4 rings (SSSR count). The molecule has 172 valence electrons. The minimum Gasteiger partial charge on any atom is -0.435 e. The van der Waals surface area contributed by atoms with Gasteiger partial charge < -0.3 is 14.0 Å². The molecular weight excluding hydrogens is 460 g/mol. The average molecular weight is 484 g/mol. The molecule has 2 aromatic carbocycles. The molecule has 11 heteroatoms. The monoisotopic (exact) mass is 483 g/mol. The fourth-order valence-corrected chi connectivity index (χ4v) is 6.07. The molecule has 0 aliphatic carbocycles. The van der Waals surface area contributed by atoms with E-state index in [2.05, 4.69) is 9.72 Å². The number of alkyl halides is 2. The topological polar surface area (TPSA) is 73.7 Å². The highest BCUT2D eigenvalue weighted by molar-refractivity contribution is 7.98. The average Bonchev–Trinajstić information content (AvgIpc) is 3.15. The largest absolute Gasteiger partial charge is 0.435 e. The molecule has 32 heavy (non-hydrogen) atoms. The number of benzene rings is 2. The highest BCUT2D eigenvalue weighted by atomic mass is 32.2. The standard InChI is InChI=1S/C21H23F2N3O4S2/c1-2-26-18-8-7-16(32(27,28)25-9-11-29-12-10-25)13-17(18)24-21(26)31-14-15-5-3-4-6-19(15)30-20(22)23/h3-8,13,20H,2,9-12,14H2,1H3. The first-order chi connectivity index (χ1) is 15.4. The van der Waals surface area contributed by atoms with Crippen molar-refractivity contribution in [2.24, 2.45) is 0 Å². The van der Waals surface area contributed by atoms with Crippen molar-refractivity contribution < 1.29 is 26.7 Å². The molecule has 0 unspecified atom stereocenters. The molecule has 0 bridgehead atoms. The van der Waals surface area contributed by atoms with Crippen LogP contribution in [0.25, 0.3) is 11.0 Å². The van der Waals surface area contributed by atoms with Gasteiger partial charge in [0.2, 0.25) is 10.0 Å². The highest BCUT2D eigenvalue weighted by Crippen LogP contribution is 2.32. The number of rotatable bonds is 8. The normalized spacial score (nSPS) is 15.5. The first kappa shape index (κ1) is 23.0. The van der Waals surface area contributed by atoms with Crippen molar-refractivity contribution in [2.75, 3.05) is 26.3 Å². The van der Waals surface area contributed by atoms with Gasteiger partial charge in [0.05, 0.1) is 29.1 Å². The fraction of sp³-hybridized carbons (Fsp3) is 0.381. The van der Waals surface area contributed by atoms with Crippen LogP contribution in [0.5, 0.6) is 5.75 Å². The van der Waals surface area contributed by atoms with Crippen LogP contribution in [0.15, 0.2) is 52.5 Å². The number of imidazole rings is 1. The van der Waals surface area contributed by atoms with E-state index in [0.717, 1.165) is 5.52 Å².